The monoisotopic (exact) mass is 361 g/mol. The van der Waals surface area contributed by atoms with Crippen LogP contribution in [0.4, 0.5) is 0 Å². The Balaban J connectivity index is 1.66. The molecule has 0 bridgehead atoms. The van der Waals surface area contributed by atoms with Gasteiger partial charge in [0.05, 0.1) is 6.21 Å². The van der Waals surface area contributed by atoms with Crippen molar-refractivity contribution in [1.29, 1.82) is 0 Å². The highest BCUT2D eigenvalue weighted by Crippen LogP contribution is 2.14. The van der Waals surface area contributed by atoms with E-state index in [0.29, 0.717) is 30.0 Å². The van der Waals surface area contributed by atoms with Crippen LogP contribution in [-0.2, 0) is 18.1 Å². The molecule has 0 radical (unpaired) electrons. The maximum atomic E-state index is 9.55. The van der Waals surface area contributed by atoms with E-state index in [1.807, 2.05) is 60.7 Å². The van der Waals surface area contributed by atoms with Crippen LogP contribution in [0.25, 0.3) is 0 Å². The third-order valence-electron chi connectivity index (χ3n) is 3.93. The minimum Gasteiger partial charge on any atom is -0.489 e. The number of oxime groups is 1. The molecule has 2 N–H and O–H groups in total. The number of ether oxygens (including phenoxy) is 1. The first kappa shape index (κ1) is 18.7. The molecule has 5 nitrogen and oxygen atoms in total. The summed E-state index contributed by atoms with van der Waals surface area (Å²) in [5.41, 5.74) is 2.89. The third-order valence-corrected chi connectivity index (χ3v) is 3.93. The molecule has 3 aromatic carbocycles. The van der Waals surface area contributed by atoms with Crippen LogP contribution < -0.4 is 10.2 Å². The summed E-state index contributed by atoms with van der Waals surface area (Å²) < 4.78 is 5.78. The molecule has 3 aromatic rings. The summed E-state index contributed by atoms with van der Waals surface area (Å²) in [5, 5.41) is 23.0. The van der Waals surface area contributed by atoms with Gasteiger partial charge in [-0.2, -0.15) is 0 Å². The highest BCUT2D eigenvalue weighted by atomic mass is 16.6. The average molecular weight is 361 g/mol. The van der Waals surface area contributed by atoms with Gasteiger partial charge in [-0.15, -0.1) is 0 Å². The summed E-state index contributed by atoms with van der Waals surface area (Å²) >= 11 is 0. The molecule has 0 amide bonds. The number of hydrogen-bond donors (Lipinski definition) is 2. The van der Waals surface area contributed by atoms with Crippen molar-refractivity contribution >= 4 is 18.8 Å². The normalized spacial score (nSPS) is 10.7. The first-order valence-corrected chi connectivity index (χ1v) is 8.58. The maximum Gasteiger partial charge on any atom is 0.489 e. The van der Waals surface area contributed by atoms with Gasteiger partial charge in [-0.1, -0.05) is 71.9 Å². The molecule has 27 heavy (non-hydrogen) atoms. The van der Waals surface area contributed by atoms with Crippen molar-refractivity contribution in [3.8, 4) is 5.75 Å². The summed E-state index contributed by atoms with van der Waals surface area (Å²) in [7, 11) is -1.61. The highest BCUT2D eigenvalue weighted by Gasteiger charge is 2.16. The first-order chi connectivity index (χ1) is 13.2. The molecule has 0 unspecified atom stereocenters. The summed E-state index contributed by atoms with van der Waals surface area (Å²) in [5.74, 6) is 0.604. The lowest BCUT2D eigenvalue weighted by atomic mass is 9.77. The zero-order valence-corrected chi connectivity index (χ0v) is 14.7. The number of benzene rings is 3. The van der Waals surface area contributed by atoms with Gasteiger partial charge in [0.2, 0.25) is 0 Å². The summed E-state index contributed by atoms with van der Waals surface area (Å²) in [6.07, 6.45) is 1.45. The summed E-state index contributed by atoms with van der Waals surface area (Å²) in [6, 6.07) is 24.5. The molecular formula is C21H20BNO4. The topological polar surface area (TPSA) is 71.3 Å². The van der Waals surface area contributed by atoms with Crippen LogP contribution in [0.3, 0.4) is 0 Å². The van der Waals surface area contributed by atoms with Gasteiger partial charge in [0.15, 0.2) is 0 Å². The zero-order chi connectivity index (χ0) is 18.9. The van der Waals surface area contributed by atoms with Gasteiger partial charge in [-0.25, -0.2) is 0 Å². The Morgan fingerprint density at radius 1 is 0.815 bits per heavy atom. The fourth-order valence-corrected chi connectivity index (χ4v) is 2.51. The van der Waals surface area contributed by atoms with Crippen LogP contribution in [0.1, 0.15) is 16.7 Å². The largest absolute Gasteiger partial charge is 0.489 e. The summed E-state index contributed by atoms with van der Waals surface area (Å²) in [4.78, 5) is 5.29. The number of nitrogens with zero attached hydrogens (tertiary/aromatic N) is 1. The minimum atomic E-state index is -1.61. The summed E-state index contributed by atoms with van der Waals surface area (Å²) in [6.45, 7) is 0.751. The van der Waals surface area contributed by atoms with Gasteiger partial charge in [0.1, 0.15) is 19.0 Å². The van der Waals surface area contributed by atoms with Crippen LogP contribution >= 0.6 is 0 Å². The average Bonchev–Trinajstić information content (AvgIpc) is 2.71. The van der Waals surface area contributed by atoms with E-state index in [0.717, 1.165) is 11.1 Å². The highest BCUT2D eigenvalue weighted by molar-refractivity contribution is 6.60. The second kappa shape index (κ2) is 9.57. The Labute approximate surface area is 158 Å². The first-order valence-electron chi connectivity index (χ1n) is 8.58. The second-order valence-electron chi connectivity index (χ2n) is 5.93. The van der Waals surface area contributed by atoms with Gasteiger partial charge in [0, 0.05) is 0 Å². The smallest absolute Gasteiger partial charge is 0.489 e. The molecule has 0 aliphatic rings. The predicted molar refractivity (Wildman–Crippen MR) is 106 cm³/mol. The van der Waals surface area contributed by atoms with E-state index in [1.54, 1.807) is 18.2 Å². The van der Waals surface area contributed by atoms with Crippen molar-refractivity contribution in [3.05, 3.63) is 95.6 Å². The number of hydrogen-bond acceptors (Lipinski definition) is 5. The molecule has 0 atom stereocenters. The molecule has 0 fully saturated rings. The van der Waals surface area contributed by atoms with E-state index in [1.165, 1.54) is 6.21 Å². The van der Waals surface area contributed by atoms with Gasteiger partial charge in [-0.3, -0.25) is 0 Å². The van der Waals surface area contributed by atoms with Crippen molar-refractivity contribution < 1.29 is 19.6 Å². The Bertz CT molecular complexity index is 870. The molecule has 0 aromatic heterocycles. The van der Waals surface area contributed by atoms with E-state index in [2.05, 4.69) is 5.16 Å². The predicted octanol–water partition coefficient (Wildman–Crippen LogP) is 2.50. The lowest BCUT2D eigenvalue weighted by Crippen LogP contribution is -2.33. The van der Waals surface area contributed by atoms with Crippen molar-refractivity contribution in [1.82, 2.24) is 0 Å². The minimum absolute atomic E-state index is 0.328. The number of rotatable bonds is 8. The van der Waals surface area contributed by atoms with Crippen molar-refractivity contribution in [3.63, 3.8) is 0 Å². The Morgan fingerprint density at radius 3 is 2.07 bits per heavy atom. The maximum absolute atomic E-state index is 9.55. The Kier molecular flexibility index (Phi) is 6.63. The van der Waals surface area contributed by atoms with Crippen LogP contribution in [0.2, 0.25) is 0 Å². The molecule has 0 saturated heterocycles. The van der Waals surface area contributed by atoms with Gasteiger partial charge < -0.3 is 19.6 Å². The molecule has 0 aliphatic carbocycles. The fourth-order valence-electron chi connectivity index (χ4n) is 2.51. The molecule has 0 saturated carbocycles. The lowest BCUT2D eigenvalue weighted by molar-refractivity contribution is 0.132. The molecule has 136 valence electrons. The van der Waals surface area contributed by atoms with Crippen LogP contribution in [0, 0.1) is 0 Å². The molecule has 0 spiro atoms. The SMILES string of the molecule is OB(O)c1ccc(OCc2ccccc2)cc1/C=N/OCc1ccccc1. The molecular weight excluding hydrogens is 341 g/mol. The van der Waals surface area contributed by atoms with Crippen LogP contribution in [0.5, 0.6) is 5.75 Å². The van der Waals surface area contributed by atoms with E-state index in [-0.39, 0.29) is 0 Å². The molecule has 6 heteroatoms. The van der Waals surface area contributed by atoms with Crippen molar-refractivity contribution in [2.24, 2.45) is 5.16 Å². The van der Waals surface area contributed by atoms with Crippen molar-refractivity contribution in [2.45, 2.75) is 13.2 Å². The quantitative estimate of drug-likeness (QED) is 0.367. The van der Waals surface area contributed by atoms with Crippen LogP contribution in [-0.4, -0.2) is 23.4 Å². The van der Waals surface area contributed by atoms with Gasteiger partial charge >= 0.3 is 7.12 Å². The molecule has 0 aliphatic heterocycles. The van der Waals surface area contributed by atoms with E-state index in [4.69, 9.17) is 9.57 Å². The van der Waals surface area contributed by atoms with Crippen molar-refractivity contribution in [2.75, 3.05) is 0 Å². The zero-order valence-electron chi connectivity index (χ0n) is 14.7. The van der Waals surface area contributed by atoms with Gasteiger partial charge in [0.25, 0.3) is 0 Å². The molecule has 3 rings (SSSR count). The van der Waals surface area contributed by atoms with Crippen LogP contribution in [0.15, 0.2) is 84.0 Å². The Hall–Kier alpha value is -3.09. The second-order valence-corrected chi connectivity index (χ2v) is 5.93. The standard InChI is InChI=1S/C21H20BNO4/c24-22(25)21-12-11-20(26-15-17-7-3-1-4-8-17)13-19(21)14-23-27-16-18-9-5-2-6-10-18/h1-14,24-25H,15-16H2/b23-14+. The van der Waals surface area contributed by atoms with E-state index in [9.17, 15) is 10.0 Å². The van der Waals surface area contributed by atoms with Gasteiger partial charge in [-0.05, 0) is 34.3 Å². The third kappa shape index (κ3) is 5.71. The lowest BCUT2D eigenvalue weighted by Gasteiger charge is -2.10. The van der Waals surface area contributed by atoms with E-state index < -0.39 is 7.12 Å². The molecule has 0 heterocycles. The Morgan fingerprint density at radius 2 is 1.44 bits per heavy atom. The fraction of sp³-hybridized carbons (Fsp3) is 0.0952. The van der Waals surface area contributed by atoms with E-state index >= 15 is 0 Å².